The van der Waals surface area contributed by atoms with Crippen molar-refractivity contribution in [3.05, 3.63) is 129 Å². The van der Waals surface area contributed by atoms with E-state index in [1.54, 1.807) is 6.92 Å². The second kappa shape index (κ2) is 15.1. The molecule has 1 N–H and O–H groups in total. The predicted octanol–water partition coefficient (Wildman–Crippen LogP) is 4.92. The third-order valence-electron chi connectivity index (χ3n) is 8.48. The summed E-state index contributed by atoms with van der Waals surface area (Å²) in [6.07, 6.45) is -0.424. The Morgan fingerprint density at radius 2 is 1.54 bits per heavy atom. The van der Waals surface area contributed by atoms with Crippen LogP contribution in [0.15, 0.2) is 107 Å². The van der Waals surface area contributed by atoms with Gasteiger partial charge in [0.2, 0.25) is 0 Å². The third-order valence-corrected chi connectivity index (χ3v) is 13.7. The average Bonchev–Trinajstić information content (AvgIpc) is 3.48. The summed E-state index contributed by atoms with van der Waals surface area (Å²) in [6, 6.07) is 30.8. The fourth-order valence-electron chi connectivity index (χ4n) is 6.30. The van der Waals surface area contributed by atoms with Gasteiger partial charge in [0.05, 0.1) is 32.0 Å². The van der Waals surface area contributed by atoms with Gasteiger partial charge in [-0.25, -0.2) is 4.79 Å². The smallest absolute Gasteiger partial charge is 0.330 e. The summed E-state index contributed by atoms with van der Waals surface area (Å²) < 4.78 is 28.4. The first-order chi connectivity index (χ1) is 22.1. The number of H-pyrrole nitrogens is 1. The Balaban J connectivity index is 1.59. The zero-order valence-electron chi connectivity index (χ0n) is 26.9. The quantitative estimate of drug-likeness (QED) is 0.162. The van der Waals surface area contributed by atoms with E-state index in [1.165, 1.54) is 10.8 Å². The standard InChI is InChI=1S/C36H43ClN2O6Si/c1-26-23-39(35(41)38-34(26)40)32-22-30(43-21-20-37)33(44-32)31(25-42-24-27-14-8-5-9-15-27)45-46(36(2,3)4,28-16-10-6-11-17-28)29-18-12-7-13-19-29/h5-19,23,30-33H,20-22,24-25H2,1-4H3,(H,38,40,41)/t30-,31?,32+,33-/m0/s1. The Labute approximate surface area is 276 Å². The van der Waals surface area contributed by atoms with Crippen LogP contribution in [0.3, 0.4) is 0 Å². The summed E-state index contributed by atoms with van der Waals surface area (Å²) in [6.45, 7) is 9.25. The van der Waals surface area contributed by atoms with Gasteiger partial charge >= 0.3 is 5.69 Å². The number of ether oxygens (including phenoxy) is 3. The maximum absolute atomic E-state index is 13.0. The number of aryl methyl sites for hydroxylation is 1. The summed E-state index contributed by atoms with van der Waals surface area (Å²) in [5, 5.41) is 1.95. The maximum Gasteiger partial charge on any atom is 0.330 e. The van der Waals surface area contributed by atoms with Crippen LogP contribution in [-0.2, 0) is 25.2 Å². The highest BCUT2D eigenvalue weighted by Crippen LogP contribution is 2.40. The van der Waals surface area contributed by atoms with Crippen LogP contribution in [0, 0.1) is 6.92 Å². The number of nitrogens with zero attached hydrogens (tertiary/aromatic N) is 1. The molecule has 3 aromatic carbocycles. The molecule has 0 radical (unpaired) electrons. The zero-order valence-corrected chi connectivity index (χ0v) is 28.6. The van der Waals surface area contributed by atoms with Crippen LogP contribution in [0.1, 0.15) is 44.5 Å². The molecule has 10 heteroatoms. The number of benzene rings is 3. The van der Waals surface area contributed by atoms with E-state index in [0.717, 1.165) is 15.9 Å². The van der Waals surface area contributed by atoms with Gasteiger partial charge in [-0.05, 0) is 27.9 Å². The van der Waals surface area contributed by atoms with Crippen LogP contribution in [0.4, 0.5) is 0 Å². The molecule has 4 atom stereocenters. The first-order valence-corrected chi connectivity index (χ1v) is 18.1. The van der Waals surface area contributed by atoms with E-state index in [2.05, 4.69) is 74.3 Å². The molecule has 2 heterocycles. The van der Waals surface area contributed by atoms with Crippen molar-refractivity contribution in [2.75, 3.05) is 19.1 Å². The van der Waals surface area contributed by atoms with E-state index in [4.69, 9.17) is 30.2 Å². The molecule has 1 aromatic heterocycles. The molecule has 46 heavy (non-hydrogen) atoms. The largest absolute Gasteiger partial charge is 0.399 e. The number of aromatic nitrogens is 2. The Hall–Kier alpha value is -3.31. The maximum atomic E-state index is 13.0. The van der Waals surface area contributed by atoms with Gasteiger partial charge in [0.1, 0.15) is 12.3 Å². The highest BCUT2D eigenvalue weighted by molar-refractivity contribution is 6.99. The second-order valence-electron chi connectivity index (χ2n) is 12.7. The minimum absolute atomic E-state index is 0.219. The SMILES string of the molecule is Cc1cn([C@H]2C[C@H](OCCCl)[C@@H](C(COCc3ccccc3)O[Si](c3ccccc3)(c3ccccc3)C(C)(C)C)O2)c(=O)[nH]c1=O. The van der Waals surface area contributed by atoms with Crippen molar-refractivity contribution >= 4 is 30.3 Å². The summed E-state index contributed by atoms with van der Waals surface area (Å²) in [5.41, 5.74) is 0.494. The number of nitrogens with one attached hydrogen (secondary N) is 1. The molecule has 8 nitrogen and oxygen atoms in total. The van der Waals surface area contributed by atoms with E-state index in [1.807, 2.05) is 42.5 Å². The van der Waals surface area contributed by atoms with E-state index >= 15 is 0 Å². The number of halogens is 1. The predicted molar refractivity (Wildman–Crippen MR) is 184 cm³/mol. The molecule has 0 bridgehead atoms. The summed E-state index contributed by atoms with van der Waals surface area (Å²) in [5.74, 6) is 0.302. The Morgan fingerprint density at radius 1 is 0.957 bits per heavy atom. The molecule has 0 aliphatic carbocycles. The normalized spacial score (nSPS) is 19.3. The van der Waals surface area contributed by atoms with Gasteiger partial charge in [-0.2, -0.15) is 0 Å². The summed E-state index contributed by atoms with van der Waals surface area (Å²) in [4.78, 5) is 27.5. The molecule has 0 saturated carbocycles. The summed E-state index contributed by atoms with van der Waals surface area (Å²) in [7, 11) is -3.06. The van der Waals surface area contributed by atoms with Crippen molar-refractivity contribution in [3.63, 3.8) is 0 Å². The molecule has 0 spiro atoms. The second-order valence-corrected chi connectivity index (χ2v) is 17.3. The molecule has 0 amide bonds. The van der Waals surface area contributed by atoms with Crippen molar-refractivity contribution in [2.45, 2.75) is 70.3 Å². The molecule has 1 unspecified atom stereocenters. The highest BCUT2D eigenvalue weighted by Gasteiger charge is 2.54. The van der Waals surface area contributed by atoms with Crippen LogP contribution < -0.4 is 21.6 Å². The topological polar surface area (TPSA) is 91.8 Å². The molecular weight excluding hydrogens is 620 g/mol. The fourth-order valence-corrected chi connectivity index (χ4v) is 11.1. The monoisotopic (exact) mass is 662 g/mol. The number of alkyl halides is 1. The van der Waals surface area contributed by atoms with Crippen LogP contribution in [-0.4, -0.2) is 55.3 Å². The molecular formula is C36H43ClN2O6Si. The number of hydrogen-bond donors (Lipinski definition) is 1. The van der Waals surface area contributed by atoms with Gasteiger partial charge in [0.25, 0.3) is 13.9 Å². The van der Waals surface area contributed by atoms with Gasteiger partial charge in [-0.3, -0.25) is 14.3 Å². The van der Waals surface area contributed by atoms with E-state index < -0.39 is 44.1 Å². The lowest BCUT2D eigenvalue weighted by molar-refractivity contribution is -0.110. The number of aromatic amines is 1. The lowest BCUT2D eigenvalue weighted by atomic mass is 10.1. The van der Waals surface area contributed by atoms with Crippen molar-refractivity contribution in [1.82, 2.24) is 9.55 Å². The van der Waals surface area contributed by atoms with Crippen LogP contribution in [0.25, 0.3) is 0 Å². The average molecular weight is 663 g/mol. The minimum Gasteiger partial charge on any atom is -0.399 e. The van der Waals surface area contributed by atoms with Gasteiger partial charge < -0.3 is 18.6 Å². The number of rotatable bonds is 13. The van der Waals surface area contributed by atoms with Crippen molar-refractivity contribution in [1.29, 1.82) is 0 Å². The van der Waals surface area contributed by atoms with Gasteiger partial charge in [0.15, 0.2) is 0 Å². The van der Waals surface area contributed by atoms with Gasteiger partial charge in [0, 0.05) is 24.1 Å². The Morgan fingerprint density at radius 3 is 2.11 bits per heavy atom. The lowest BCUT2D eigenvalue weighted by Gasteiger charge is -2.46. The molecule has 4 aromatic rings. The Bertz CT molecular complexity index is 1620. The van der Waals surface area contributed by atoms with Gasteiger partial charge in [-0.15, -0.1) is 11.6 Å². The van der Waals surface area contributed by atoms with Crippen LogP contribution in [0.5, 0.6) is 0 Å². The van der Waals surface area contributed by atoms with Crippen molar-refractivity contribution in [2.24, 2.45) is 0 Å². The van der Waals surface area contributed by atoms with E-state index in [9.17, 15) is 9.59 Å². The molecule has 244 valence electrons. The van der Waals surface area contributed by atoms with Crippen LogP contribution in [0.2, 0.25) is 5.04 Å². The number of hydrogen-bond acceptors (Lipinski definition) is 6. The highest BCUT2D eigenvalue weighted by atomic mass is 35.5. The third kappa shape index (κ3) is 7.46. The fraction of sp³-hybridized carbons (Fsp3) is 0.389. The lowest BCUT2D eigenvalue weighted by Crippen LogP contribution is -2.69. The van der Waals surface area contributed by atoms with Gasteiger partial charge in [-0.1, -0.05) is 112 Å². The zero-order chi connectivity index (χ0) is 32.7. The minimum atomic E-state index is -3.06. The van der Waals surface area contributed by atoms with Crippen molar-refractivity contribution in [3.8, 4) is 0 Å². The molecule has 1 saturated heterocycles. The molecule has 1 aliphatic heterocycles. The Kier molecular flexibility index (Phi) is 11.1. The molecule has 1 aliphatic rings. The van der Waals surface area contributed by atoms with E-state index in [0.29, 0.717) is 31.1 Å². The first kappa shape index (κ1) is 34.0. The van der Waals surface area contributed by atoms with Crippen molar-refractivity contribution < 1.29 is 18.6 Å². The van der Waals surface area contributed by atoms with Crippen LogP contribution >= 0.6 is 11.6 Å². The summed E-state index contributed by atoms with van der Waals surface area (Å²) >= 11 is 6.09. The molecule has 5 rings (SSSR count). The first-order valence-electron chi connectivity index (χ1n) is 15.7. The van der Waals surface area contributed by atoms with E-state index in [-0.39, 0.29) is 11.6 Å². The molecule has 1 fully saturated rings.